The summed E-state index contributed by atoms with van der Waals surface area (Å²) in [6, 6.07) is 0. The van der Waals surface area contributed by atoms with Crippen molar-refractivity contribution in [2.45, 2.75) is 32.0 Å². The lowest BCUT2D eigenvalue weighted by atomic mass is 10.1. The van der Waals surface area contributed by atoms with Gasteiger partial charge in [0.15, 0.2) is 0 Å². The lowest BCUT2D eigenvalue weighted by Gasteiger charge is -2.28. The van der Waals surface area contributed by atoms with Crippen LogP contribution in [0.25, 0.3) is 0 Å². The summed E-state index contributed by atoms with van der Waals surface area (Å²) in [5.41, 5.74) is 5.43. The quantitative estimate of drug-likeness (QED) is 0.600. The summed E-state index contributed by atoms with van der Waals surface area (Å²) < 4.78 is 10.4. The van der Waals surface area contributed by atoms with E-state index in [2.05, 4.69) is 0 Å². The van der Waals surface area contributed by atoms with Gasteiger partial charge in [-0.15, -0.1) is 0 Å². The molecule has 1 saturated heterocycles. The first-order valence-corrected chi connectivity index (χ1v) is 4.21. The predicted molar refractivity (Wildman–Crippen MR) is 43.6 cm³/mol. The van der Waals surface area contributed by atoms with Crippen LogP contribution < -0.4 is 5.73 Å². The fourth-order valence-electron chi connectivity index (χ4n) is 1.35. The van der Waals surface area contributed by atoms with Crippen LogP contribution >= 0.6 is 0 Å². The van der Waals surface area contributed by atoms with Gasteiger partial charge in [-0.3, -0.25) is 4.79 Å². The molecule has 4 nitrogen and oxygen atoms in total. The molecular formula is C8H15NO3. The SMILES string of the molecule is CC(=O)O[C@@H]1CCO[C@@H](CN)C1. The van der Waals surface area contributed by atoms with Crippen molar-refractivity contribution in [2.24, 2.45) is 5.73 Å². The van der Waals surface area contributed by atoms with Gasteiger partial charge >= 0.3 is 5.97 Å². The van der Waals surface area contributed by atoms with Gasteiger partial charge in [-0.25, -0.2) is 0 Å². The zero-order valence-electron chi connectivity index (χ0n) is 7.29. The van der Waals surface area contributed by atoms with E-state index in [4.69, 9.17) is 15.2 Å². The van der Waals surface area contributed by atoms with Crippen molar-refractivity contribution < 1.29 is 14.3 Å². The summed E-state index contributed by atoms with van der Waals surface area (Å²) in [6.45, 7) is 2.56. The zero-order valence-corrected chi connectivity index (χ0v) is 7.29. The normalized spacial score (nSPS) is 29.8. The maximum Gasteiger partial charge on any atom is 0.302 e. The third-order valence-corrected chi connectivity index (χ3v) is 1.91. The van der Waals surface area contributed by atoms with E-state index in [9.17, 15) is 4.79 Å². The summed E-state index contributed by atoms with van der Waals surface area (Å²) in [7, 11) is 0. The van der Waals surface area contributed by atoms with Crippen LogP contribution in [-0.2, 0) is 14.3 Å². The van der Waals surface area contributed by atoms with E-state index < -0.39 is 0 Å². The molecule has 0 aliphatic carbocycles. The molecule has 0 radical (unpaired) electrons. The summed E-state index contributed by atoms with van der Waals surface area (Å²) in [4.78, 5) is 10.6. The highest BCUT2D eigenvalue weighted by Gasteiger charge is 2.23. The van der Waals surface area contributed by atoms with E-state index in [1.165, 1.54) is 6.92 Å². The number of hydrogen-bond acceptors (Lipinski definition) is 4. The zero-order chi connectivity index (χ0) is 8.97. The third kappa shape index (κ3) is 2.79. The molecule has 1 heterocycles. The first-order chi connectivity index (χ1) is 5.72. The maximum absolute atomic E-state index is 10.6. The topological polar surface area (TPSA) is 61.5 Å². The van der Waals surface area contributed by atoms with Gasteiger partial charge in [0.25, 0.3) is 0 Å². The lowest BCUT2D eigenvalue weighted by Crippen LogP contribution is -2.36. The Hall–Kier alpha value is -0.610. The number of carbonyl (C=O) groups is 1. The molecule has 0 saturated carbocycles. The van der Waals surface area contributed by atoms with E-state index in [-0.39, 0.29) is 18.2 Å². The summed E-state index contributed by atoms with van der Waals surface area (Å²) in [5, 5.41) is 0. The summed E-state index contributed by atoms with van der Waals surface area (Å²) >= 11 is 0. The van der Waals surface area contributed by atoms with Crippen molar-refractivity contribution in [3.63, 3.8) is 0 Å². The van der Waals surface area contributed by atoms with Crippen molar-refractivity contribution in [1.29, 1.82) is 0 Å². The molecule has 0 amide bonds. The number of hydrogen-bond donors (Lipinski definition) is 1. The molecule has 1 aliphatic rings. The van der Waals surface area contributed by atoms with Crippen molar-refractivity contribution >= 4 is 5.97 Å². The van der Waals surface area contributed by atoms with Gasteiger partial charge in [-0.05, 0) is 0 Å². The molecule has 1 rings (SSSR count). The van der Waals surface area contributed by atoms with E-state index in [0.717, 1.165) is 12.8 Å². The minimum Gasteiger partial charge on any atom is -0.462 e. The van der Waals surface area contributed by atoms with Gasteiger partial charge in [0.1, 0.15) is 6.10 Å². The van der Waals surface area contributed by atoms with Crippen LogP contribution in [0, 0.1) is 0 Å². The molecule has 1 aliphatic heterocycles. The van der Waals surface area contributed by atoms with Crippen LogP contribution in [0.1, 0.15) is 19.8 Å². The number of rotatable bonds is 2. The Bertz CT molecular complexity index is 160. The number of nitrogens with two attached hydrogens (primary N) is 1. The van der Waals surface area contributed by atoms with Crippen LogP contribution in [0.15, 0.2) is 0 Å². The summed E-state index contributed by atoms with van der Waals surface area (Å²) in [6.07, 6.45) is 1.58. The van der Waals surface area contributed by atoms with Gasteiger partial charge in [-0.1, -0.05) is 0 Å². The van der Waals surface area contributed by atoms with Gasteiger partial charge in [0.05, 0.1) is 12.7 Å². The van der Waals surface area contributed by atoms with Crippen molar-refractivity contribution in [2.75, 3.05) is 13.2 Å². The molecule has 0 spiro atoms. The Morgan fingerprint density at radius 1 is 1.75 bits per heavy atom. The highest BCUT2D eigenvalue weighted by molar-refractivity contribution is 5.66. The summed E-state index contributed by atoms with van der Waals surface area (Å²) in [5.74, 6) is -0.224. The largest absolute Gasteiger partial charge is 0.462 e. The smallest absolute Gasteiger partial charge is 0.302 e. The number of carbonyl (C=O) groups excluding carboxylic acids is 1. The molecular weight excluding hydrogens is 158 g/mol. The highest BCUT2D eigenvalue weighted by Crippen LogP contribution is 2.15. The fraction of sp³-hybridized carbons (Fsp3) is 0.875. The van der Waals surface area contributed by atoms with E-state index in [1.807, 2.05) is 0 Å². The fourth-order valence-corrected chi connectivity index (χ4v) is 1.35. The lowest BCUT2D eigenvalue weighted by molar-refractivity contribution is -0.152. The predicted octanol–water partition coefficient (Wildman–Crippen LogP) is 0.0558. The molecule has 1 fully saturated rings. The van der Waals surface area contributed by atoms with Crippen LogP contribution in [-0.4, -0.2) is 31.3 Å². The molecule has 2 N–H and O–H groups in total. The minimum atomic E-state index is -0.224. The van der Waals surface area contributed by atoms with Crippen LogP contribution in [0.3, 0.4) is 0 Å². The standard InChI is InChI=1S/C8H15NO3/c1-6(10)12-7-2-3-11-8(4-7)5-9/h7-8H,2-5,9H2,1H3/t7-,8-/m1/s1. The molecule has 4 heteroatoms. The second kappa shape index (κ2) is 4.42. The minimum absolute atomic E-state index is 0.00444. The average Bonchev–Trinajstić information content (AvgIpc) is 2.03. The van der Waals surface area contributed by atoms with Crippen molar-refractivity contribution in [3.8, 4) is 0 Å². The van der Waals surface area contributed by atoms with E-state index >= 15 is 0 Å². The maximum atomic E-state index is 10.6. The molecule has 70 valence electrons. The van der Waals surface area contributed by atoms with Crippen molar-refractivity contribution in [1.82, 2.24) is 0 Å². The Morgan fingerprint density at radius 3 is 3.08 bits per heavy atom. The number of esters is 1. The highest BCUT2D eigenvalue weighted by atomic mass is 16.6. The second-order valence-electron chi connectivity index (χ2n) is 2.98. The van der Waals surface area contributed by atoms with Crippen molar-refractivity contribution in [3.05, 3.63) is 0 Å². The molecule has 0 aromatic heterocycles. The molecule has 0 bridgehead atoms. The van der Waals surface area contributed by atoms with Gasteiger partial charge < -0.3 is 15.2 Å². The average molecular weight is 173 g/mol. The molecule has 0 aromatic carbocycles. The Balaban J connectivity index is 2.30. The Morgan fingerprint density at radius 2 is 2.50 bits per heavy atom. The second-order valence-corrected chi connectivity index (χ2v) is 2.98. The monoisotopic (exact) mass is 173 g/mol. The Kier molecular flexibility index (Phi) is 3.49. The van der Waals surface area contributed by atoms with E-state index in [1.54, 1.807) is 0 Å². The van der Waals surface area contributed by atoms with Gasteiger partial charge in [-0.2, -0.15) is 0 Å². The van der Waals surface area contributed by atoms with Crippen LogP contribution in [0.5, 0.6) is 0 Å². The third-order valence-electron chi connectivity index (χ3n) is 1.91. The molecule has 2 atom stereocenters. The number of ether oxygens (including phenoxy) is 2. The van der Waals surface area contributed by atoms with Crippen LogP contribution in [0.4, 0.5) is 0 Å². The van der Waals surface area contributed by atoms with Gasteiger partial charge in [0.2, 0.25) is 0 Å². The Labute approximate surface area is 72.0 Å². The van der Waals surface area contributed by atoms with Crippen LogP contribution in [0.2, 0.25) is 0 Å². The molecule has 0 aromatic rings. The van der Waals surface area contributed by atoms with Gasteiger partial charge in [0, 0.05) is 26.3 Å². The first-order valence-electron chi connectivity index (χ1n) is 4.21. The van der Waals surface area contributed by atoms with E-state index in [0.29, 0.717) is 13.2 Å². The molecule has 12 heavy (non-hydrogen) atoms. The molecule has 0 unspecified atom stereocenters. The first kappa shape index (κ1) is 9.48.